The molecule has 0 N–H and O–H groups in total. The Hall–Kier alpha value is -0.0400. The number of allylic oxidation sites excluding steroid dienone is 4. The summed E-state index contributed by atoms with van der Waals surface area (Å²) in [5.41, 5.74) is 3.24. The smallest absolute Gasteiger partial charge is 0.00118 e. The summed E-state index contributed by atoms with van der Waals surface area (Å²) in [5.74, 6) is 0.777. The molecule has 2 rings (SSSR count). The SMILES string of the molecule is CC1CC=C2CCCC(Br)=C21. The molecule has 1 atom stereocenters. The molecule has 0 saturated carbocycles. The molecule has 0 nitrogen and oxygen atoms in total. The van der Waals surface area contributed by atoms with E-state index in [9.17, 15) is 0 Å². The molecular weight excluding hydrogens is 200 g/mol. The molecule has 11 heavy (non-hydrogen) atoms. The maximum Gasteiger partial charge on any atom is -0.00118 e. The first-order valence-electron chi connectivity index (χ1n) is 4.37. The fourth-order valence-electron chi connectivity index (χ4n) is 2.11. The molecule has 0 amide bonds. The third-order valence-electron chi connectivity index (χ3n) is 2.69. The van der Waals surface area contributed by atoms with E-state index >= 15 is 0 Å². The van der Waals surface area contributed by atoms with E-state index in [2.05, 4.69) is 28.9 Å². The molecule has 2 aliphatic carbocycles. The zero-order valence-corrected chi connectivity index (χ0v) is 8.45. The van der Waals surface area contributed by atoms with E-state index in [4.69, 9.17) is 0 Å². The number of hydrogen-bond acceptors (Lipinski definition) is 0. The maximum atomic E-state index is 3.67. The Morgan fingerprint density at radius 3 is 3.00 bits per heavy atom. The normalized spacial score (nSPS) is 30.4. The molecule has 0 fully saturated rings. The van der Waals surface area contributed by atoms with Gasteiger partial charge in [0.2, 0.25) is 0 Å². The van der Waals surface area contributed by atoms with Gasteiger partial charge in [-0.3, -0.25) is 0 Å². The van der Waals surface area contributed by atoms with Crippen LogP contribution >= 0.6 is 15.9 Å². The van der Waals surface area contributed by atoms with E-state index in [0.29, 0.717) is 0 Å². The monoisotopic (exact) mass is 212 g/mol. The molecule has 0 bridgehead atoms. The number of halogens is 1. The fraction of sp³-hybridized carbons (Fsp3) is 0.600. The second-order valence-electron chi connectivity index (χ2n) is 3.54. The molecular formula is C10H13Br. The molecule has 1 unspecified atom stereocenters. The van der Waals surface area contributed by atoms with Crippen molar-refractivity contribution in [2.75, 3.05) is 0 Å². The van der Waals surface area contributed by atoms with Gasteiger partial charge in [0.25, 0.3) is 0 Å². The molecule has 0 saturated heterocycles. The highest BCUT2D eigenvalue weighted by Crippen LogP contribution is 2.42. The first kappa shape index (κ1) is 7.60. The molecule has 0 heterocycles. The number of hydrogen-bond donors (Lipinski definition) is 0. The second-order valence-corrected chi connectivity index (χ2v) is 4.50. The highest BCUT2D eigenvalue weighted by atomic mass is 79.9. The van der Waals surface area contributed by atoms with Crippen molar-refractivity contribution < 1.29 is 0 Å². The summed E-state index contributed by atoms with van der Waals surface area (Å²) in [4.78, 5) is 0. The van der Waals surface area contributed by atoms with Crippen LogP contribution in [0.4, 0.5) is 0 Å². The average Bonchev–Trinajstić information content (AvgIpc) is 2.34. The van der Waals surface area contributed by atoms with E-state index in [0.717, 1.165) is 5.92 Å². The first-order valence-corrected chi connectivity index (χ1v) is 5.16. The van der Waals surface area contributed by atoms with Crippen molar-refractivity contribution >= 4 is 15.9 Å². The first-order chi connectivity index (χ1) is 5.29. The van der Waals surface area contributed by atoms with Gasteiger partial charge in [-0.15, -0.1) is 0 Å². The van der Waals surface area contributed by atoms with Crippen LogP contribution in [0.15, 0.2) is 21.7 Å². The minimum Gasteiger partial charge on any atom is -0.0804 e. The fourth-order valence-corrected chi connectivity index (χ4v) is 3.04. The minimum absolute atomic E-state index is 0.777. The Kier molecular flexibility index (Phi) is 1.92. The van der Waals surface area contributed by atoms with Gasteiger partial charge in [-0.2, -0.15) is 0 Å². The maximum absolute atomic E-state index is 3.67. The summed E-state index contributed by atoms with van der Waals surface area (Å²) < 4.78 is 1.47. The minimum atomic E-state index is 0.777. The van der Waals surface area contributed by atoms with Crippen LogP contribution in [0.5, 0.6) is 0 Å². The summed E-state index contributed by atoms with van der Waals surface area (Å²) in [6, 6.07) is 0. The van der Waals surface area contributed by atoms with Gasteiger partial charge in [-0.05, 0) is 47.2 Å². The lowest BCUT2D eigenvalue weighted by atomic mass is 9.91. The van der Waals surface area contributed by atoms with Gasteiger partial charge in [0, 0.05) is 0 Å². The van der Waals surface area contributed by atoms with Gasteiger partial charge >= 0.3 is 0 Å². The van der Waals surface area contributed by atoms with Crippen LogP contribution in [0.1, 0.15) is 32.6 Å². The Balaban J connectivity index is 2.40. The van der Waals surface area contributed by atoms with Crippen LogP contribution in [-0.2, 0) is 0 Å². The topological polar surface area (TPSA) is 0 Å². The lowest BCUT2D eigenvalue weighted by Gasteiger charge is -2.18. The molecule has 0 aliphatic heterocycles. The van der Waals surface area contributed by atoms with Gasteiger partial charge in [0.05, 0.1) is 0 Å². The largest absolute Gasteiger partial charge is 0.0804 e. The van der Waals surface area contributed by atoms with Gasteiger partial charge in [0.1, 0.15) is 0 Å². The average molecular weight is 213 g/mol. The van der Waals surface area contributed by atoms with Gasteiger partial charge < -0.3 is 0 Å². The molecule has 1 heteroatoms. The van der Waals surface area contributed by atoms with Crippen molar-refractivity contribution in [3.8, 4) is 0 Å². The van der Waals surface area contributed by atoms with E-state index in [1.54, 1.807) is 11.1 Å². The molecule has 0 aromatic carbocycles. The van der Waals surface area contributed by atoms with E-state index in [-0.39, 0.29) is 0 Å². The van der Waals surface area contributed by atoms with Crippen molar-refractivity contribution in [3.05, 3.63) is 21.7 Å². The molecule has 2 aliphatic rings. The Morgan fingerprint density at radius 2 is 2.27 bits per heavy atom. The van der Waals surface area contributed by atoms with Crippen LogP contribution in [0.25, 0.3) is 0 Å². The standard InChI is InChI=1S/C10H13Br/c1-7-5-6-8-3-2-4-9(11)10(7)8/h6-7H,2-5H2,1H3. The summed E-state index contributed by atoms with van der Waals surface area (Å²) in [5, 5.41) is 0. The summed E-state index contributed by atoms with van der Waals surface area (Å²) in [6.45, 7) is 2.32. The van der Waals surface area contributed by atoms with Crippen molar-refractivity contribution in [2.24, 2.45) is 5.92 Å². The Labute approximate surface area is 76.5 Å². The van der Waals surface area contributed by atoms with Crippen LogP contribution in [0, 0.1) is 5.92 Å². The van der Waals surface area contributed by atoms with Gasteiger partial charge in [-0.25, -0.2) is 0 Å². The van der Waals surface area contributed by atoms with Crippen LogP contribution < -0.4 is 0 Å². The van der Waals surface area contributed by atoms with E-state index in [1.807, 2.05) is 0 Å². The lowest BCUT2D eigenvalue weighted by molar-refractivity contribution is 0.699. The predicted molar refractivity (Wildman–Crippen MR) is 51.7 cm³/mol. The Bertz CT molecular complexity index is 235. The van der Waals surface area contributed by atoms with E-state index < -0.39 is 0 Å². The van der Waals surface area contributed by atoms with Crippen molar-refractivity contribution in [3.63, 3.8) is 0 Å². The summed E-state index contributed by atoms with van der Waals surface area (Å²) >= 11 is 3.67. The number of rotatable bonds is 0. The third kappa shape index (κ3) is 1.20. The van der Waals surface area contributed by atoms with E-state index in [1.165, 1.54) is 30.2 Å². The predicted octanol–water partition coefficient (Wildman–Crippen LogP) is 3.79. The zero-order chi connectivity index (χ0) is 7.84. The third-order valence-corrected chi connectivity index (χ3v) is 3.51. The summed E-state index contributed by atoms with van der Waals surface area (Å²) in [7, 11) is 0. The molecule has 0 aromatic heterocycles. The highest BCUT2D eigenvalue weighted by Gasteiger charge is 2.24. The summed E-state index contributed by atoms with van der Waals surface area (Å²) in [6.07, 6.45) is 7.59. The molecule has 0 aromatic rings. The van der Waals surface area contributed by atoms with Crippen LogP contribution in [0.3, 0.4) is 0 Å². The zero-order valence-electron chi connectivity index (χ0n) is 6.86. The van der Waals surface area contributed by atoms with Crippen molar-refractivity contribution in [1.82, 2.24) is 0 Å². The van der Waals surface area contributed by atoms with Crippen molar-refractivity contribution in [1.29, 1.82) is 0 Å². The highest BCUT2D eigenvalue weighted by molar-refractivity contribution is 9.11. The van der Waals surface area contributed by atoms with Crippen molar-refractivity contribution in [2.45, 2.75) is 32.6 Å². The molecule has 0 spiro atoms. The molecule has 60 valence electrons. The van der Waals surface area contributed by atoms with Crippen LogP contribution in [0.2, 0.25) is 0 Å². The molecule has 0 radical (unpaired) electrons. The quantitative estimate of drug-likeness (QED) is 0.574. The second kappa shape index (κ2) is 2.78. The van der Waals surface area contributed by atoms with Gasteiger partial charge in [0.15, 0.2) is 0 Å². The lowest BCUT2D eigenvalue weighted by Crippen LogP contribution is -2.01. The van der Waals surface area contributed by atoms with Gasteiger partial charge in [-0.1, -0.05) is 28.9 Å². The van der Waals surface area contributed by atoms with Crippen LogP contribution in [-0.4, -0.2) is 0 Å². The number of fused-ring (bicyclic) bond motifs is 1. The Morgan fingerprint density at radius 1 is 1.45 bits per heavy atom.